The molecule has 0 saturated heterocycles. The Labute approximate surface area is 117 Å². The minimum Gasteiger partial charge on any atom is -0.445 e. The van der Waals surface area contributed by atoms with Gasteiger partial charge in [-0.1, -0.05) is 6.92 Å². The van der Waals surface area contributed by atoms with E-state index in [0.717, 1.165) is 12.2 Å². The van der Waals surface area contributed by atoms with Crippen molar-refractivity contribution in [1.82, 2.24) is 20.0 Å². The number of rotatable bonds is 7. The van der Waals surface area contributed by atoms with Gasteiger partial charge in [0.25, 0.3) is 0 Å². The standard InChI is InChI=1S/C12H18N4O3S/c1-3-13-6-10-4-11(7-14-10)20(17,18)16-8-12-15-5-9(2)19-12/h4-5,7,13-14,16H,3,6,8H2,1-2H3. The average molecular weight is 298 g/mol. The number of sulfonamides is 1. The number of nitrogens with one attached hydrogen (secondary N) is 3. The van der Waals surface area contributed by atoms with Gasteiger partial charge in [-0.25, -0.2) is 18.1 Å². The van der Waals surface area contributed by atoms with Crippen molar-refractivity contribution in [2.75, 3.05) is 6.54 Å². The monoisotopic (exact) mass is 298 g/mol. The van der Waals surface area contributed by atoms with Crippen molar-refractivity contribution in [3.8, 4) is 0 Å². The average Bonchev–Trinajstić information content (AvgIpc) is 3.03. The first-order valence-corrected chi connectivity index (χ1v) is 7.78. The highest BCUT2D eigenvalue weighted by molar-refractivity contribution is 7.89. The molecule has 0 aliphatic carbocycles. The SMILES string of the molecule is CCNCc1cc(S(=O)(=O)NCc2ncc(C)o2)c[nH]1. The molecular weight excluding hydrogens is 280 g/mol. The summed E-state index contributed by atoms with van der Waals surface area (Å²) in [4.78, 5) is 7.08. The van der Waals surface area contributed by atoms with E-state index in [4.69, 9.17) is 4.42 Å². The summed E-state index contributed by atoms with van der Waals surface area (Å²) in [7, 11) is -3.56. The lowest BCUT2D eigenvalue weighted by Crippen LogP contribution is -2.23. The van der Waals surface area contributed by atoms with Crippen molar-refractivity contribution in [2.24, 2.45) is 0 Å². The maximum absolute atomic E-state index is 12.1. The van der Waals surface area contributed by atoms with E-state index in [1.54, 1.807) is 19.2 Å². The quantitative estimate of drug-likeness (QED) is 0.705. The normalized spacial score (nSPS) is 11.9. The summed E-state index contributed by atoms with van der Waals surface area (Å²) >= 11 is 0. The Bertz CT molecular complexity index is 660. The topological polar surface area (TPSA) is 100 Å². The highest BCUT2D eigenvalue weighted by Crippen LogP contribution is 2.11. The Morgan fingerprint density at radius 2 is 2.20 bits per heavy atom. The van der Waals surface area contributed by atoms with Crippen LogP contribution in [0.5, 0.6) is 0 Å². The number of H-pyrrole nitrogens is 1. The van der Waals surface area contributed by atoms with Gasteiger partial charge in [-0.05, 0) is 19.5 Å². The predicted octanol–water partition coefficient (Wildman–Crippen LogP) is 0.899. The molecule has 8 heteroatoms. The molecule has 2 aromatic heterocycles. The summed E-state index contributed by atoms with van der Waals surface area (Å²) in [5.74, 6) is 0.989. The molecule has 0 unspecified atom stereocenters. The smallest absolute Gasteiger partial charge is 0.242 e. The largest absolute Gasteiger partial charge is 0.445 e. The molecule has 0 amide bonds. The lowest BCUT2D eigenvalue weighted by atomic mass is 10.4. The summed E-state index contributed by atoms with van der Waals surface area (Å²) in [5.41, 5.74) is 0.819. The van der Waals surface area contributed by atoms with E-state index < -0.39 is 10.0 Å². The summed E-state index contributed by atoms with van der Waals surface area (Å²) < 4.78 is 31.8. The number of hydrogen-bond acceptors (Lipinski definition) is 5. The molecule has 7 nitrogen and oxygen atoms in total. The van der Waals surface area contributed by atoms with Gasteiger partial charge in [0.2, 0.25) is 15.9 Å². The minimum absolute atomic E-state index is 0.0316. The first-order valence-electron chi connectivity index (χ1n) is 6.30. The van der Waals surface area contributed by atoms with E-state index in [1.807, 2.05) is 6.92 Å². The Hall–Kier alpha value is -1.64. The molecule has 0 aliphatic rings. The second-order valence-electron chi connectivity index (χ2n) is 4.33. The van der Waals surface area contributed by atoms with Gasteiger partial charge < -0.3 is 14.7 Å². The van der Waals surface area contributed by atoms with Gasteiger partial charge >= 0.3 is 0 Å². The van der Waals surface area contributed by atoms with E-state index in [-0.39, 0.29) is 11.4 Å². The fourth-order valence-electron chi connectivity index (χ4n) is 1.66. The van der Waals surface area contributed by atoms with Crippen molar-refractivity contribution in [1.29, 1.82) is 0 Å². The Morgan fingerprint density at radius 1 is 1.40 bits per heavy atom. The lowest BCUT2D eigenvalue weighted by molar-refractivity contribution is 0.463. The van der Waals surface area contributed by atoms with Crippen LogP contribution in [0.2, 0.25) is 0 Å². The minimum atomic E-state index is -3.56. The van der Waals surface area contributed by atoms with Crippen molar-refractivity contribution in [3.63, 3.8) is 0 Å². The van der Waals surface area contributed by atoms with E-state index in [1.165, 1.54) is 6.20 Å². The maximum atomic E-state index is 12.1. The first-order chi connectivity index (χ1) is 9.51. The van der Waals surface area contributed by atoms with Gasteiger partial charge in [-0.3, -0.25) is 0 Å². The molecule has 20 heavy (non-hydrogen) atoms. The van der Waals surface area contributed by atoms with Crippen molar-refractivity contribution in [3.05, 3.63) is 35.8 Å². The van der Waals surface area contributed by atoms with Gasteiger partial charge in [0.1, 0.15) is 5.76 Å². The summed E-state index contributed by atoms with van der Waals surface area (Å²) in [6.07, 6.45) is 3.02. The Balaban J connectivity index is 2.00. The maximum Gasteiger partial charge on any atom is 0.242 e. The van der Waals surface area contributed by atoms with Crippen LogP contribution in [-0.4, -0.2) is 24.9 Å². The van der Waals surface area contributed by atoms with E-state index in [9.17, 15) is 8.42 Å². The molecule has 2 aromatic rings. The molecule has 2 rings (SSSR count). The molecule has 0 saturated carbocycles. The highest BCUT2D eigenvalue weighted by atomic mass is 32.2. The number of aromatic amines is 1. The van der Waals surface area contributed by atoms with Crippen molar-refractivity contribution >= 4 is 10.0 Å². The van der Waals surface area contributed by atoms with Crippen LogP contribution in [0.3, 0.4) is 0 Å². The van der Waals surface area contributed by atoms with E-state index >= 15 is 0 Å². The molecule has 0 aromatic carbocycles. The van der Waals surface area contributed by atoms with Gasteiger partial charge in [0.05, 0.1) is 17.6 Å². The number of hydrogen-bond donors (Lipinski definition) is 3. The van der Waals surface area contributed by atoms with Crippen molar-refractivity contribution in [2.45, 2.75) is 31.8 Å². The van der Waals surface area contributed by atoms with Gasteiger partial charge in [-0.2, -0.15) is 0 Å². The number of nitrogens with zero attached hydrogens (tertiary/aromatic N) is 1. The second-order valence-corrected chi connectivity index (χ2v) is 6.10. The zero-order valence-electron chi connectivity index (χ0n) is 11.4. The molecule has 0 radical (unpaired) electrons. The van der Waals surface area contributed by atoms with Gasteiger partial charge in [-0.15, -0.1) is 0 Å². The van der Waals surface area contributed by atoms with Crippen LogP contribution in [0.15, 0.2) is 27.8 Å². The van der Waals surface area contributed by atoms with Crippen LogP contribution >= 0.6 is 0 Å². The van der Waals surface area contributed by atoms with Crippen LogP contribution in [0.25, 0.3) is 0 Å². The summed E-state index contributed by atoms with van der Waals surface area (Å²) in [6.45, 7) is 5.20. The lowest BCUT2D eigenvalue weighted by Gasteiger charge is -2.02. The Morgan fingerprint density at radius 3 is 2.85 bits per heavy atom. The zero-order valence-corrected chi connectivity index (χ0v) is 12.3. The zero-order chi connectivity index (χ0) is 14.6. The Kier molecular flexibility index (Phi) is 4.58. The van der Waals surface area contributed by atoms with Crippen LogP contribution in [0.4, 0.5) is 0 Å². The molecule has 0 bridgehead atoms. The number of aromatic nitrogens is 2. The molecule has 3 N–H and O–H groups in total. The molecule has 0 atom stereocenters. The van der Waals surface area contributed by atoms with Crippen LogP contribution < -0.4 is 10.0 Å². The molecule has 0 aliphatic heterocycles. The van der Waals surface area contributed by atoms with E-state index in [2.05, 4.69) is 20.0 Å². The van der Waals surface area contributed by atoms with E-state index in [0.29, 0.717) is 18.2 Å². The molecule has 0 fully saturated rings. The molecular formula is C12H18N4O3S. The fourth-order valence-corrected chi connectivity index (χ4v) is 2.65. The third-order valence-electron chi connectivity index (χ3n) is 2.67. The predicted molar refractivity (Wildman–Crippen MR) is 73.4 cm³/mol. The number of oxazole rings is 1. The van der Waals surface area contributed by atoms with Crippen molar-refractivity contribution < 1.29 is 12.8 Å². The third kappa shape index (κ3) is 3.69. The molecule has 2 heterocycles. The summed E-state index contributed by atoms with van der Waals surface area (Å²) in [6, 6.07) is 1.60. The van der Waals surface area contributed by atoms with Gasteiger partial charge in [0.15, 0.2) is 0 Å². The summed E-state index contributed by atoms with van der Waals surface area (Å²) in [5, 5.41) is 3.12. The van der Waals surface area contributed by atoms with Crippen LogP contribution in [0.1, 0.15) is 24.3 Å². The van der Waals surface area contributed by atoms with Crippen LogP contribution in [0, 0.1) is 6.92 Å². The number of aryl methyl sites for hydroxylation is 1. The van der Waals surface area contributed by atoms with Crippen LogP contribution in [-0.2, 0) is 23.1 Å². The molecule has 110 valence electrons. The fraction of sp³-hybridized carbons (Fsp3) is 0.417. The second kappa shape index (κ2) is 6.21. The third-order valence-corrected chi connectivity index (χ3v) is 4.06. The molecule has 0 spiro atoms. The van der Waals surface area contributed by atoms with Gasteiger partial charge in [0, 0.05) is 18.4 Å². The first kappa shape index (κ1) is 14.8. The highest BCUT2D eigenvalue weighted by Gasteiger charge is 2.16.